The maximum atomic E-state index is 12.2. The van der Waals surface area contributed by atoms with Crippen LogP contribution in [0.2, 0.25) is 18.1 Å². The van der Waals surface area contributed by atoms with Crippen LogP contribution in [0, 0.1) is 0 Å². The topological polar surface area (TPSA) is 59.6 Å². The molecule has 1 amide bonds. The number of rotatable bonds is 5. The van der Waals surface area contributed by atoms with Crippen molar-refractivity contribution in [1.29, 1.82) is 0 Å². The molecule has 0 saturated heterocycles. The highest BCUT2D eigenvalue weighted by atomic mass is 28.4. The summed E-state index contributed by atoms with van der Waals surface area (Å²) in [6.07, 6.45) is -0.502. The minimum Gasteiger partial charge on any atom is -0.477 e. The Kier molecular flexibility index (Phi) is 5.36. The molecule has 1 heterocycles. The SMILES string of the molecule is CC(C)(C)[Si](C)(C)OCCNC(=O)C1CNc2ccccc2O1. The van der Waals surface area contributed by atoms with Crippen LogP contribution in [0.1, 0.15) is 20.8 Å². The number of nitrogens with one attached hydrogen (secondary N) is 2. The summed E-state index contributed by atoms with van der Waals surface area (Å²) < 4.78 is 11.8. The van der Waals surface area contributed by atoms with Gasteiger partial charge in [-0.3, -0.25) is 4.79 Å². The van der Waals surface area contributed by atoms with Crippen LogP contribution >= 0.6 is 0 Å². The number of para-hydroxylation sites is 2. The van der Waals surface area contributed by atoms with E-state index in [0.29, 0.717) is 19.7 Å². The second kappa shape index (κ2) is 6.92. The molecule has 1 aliphatic heterocycles. The Balaban J connectivity index is 1.76. The lowest BCUT2D eigenvalue weighted by molar-refractivity contribution is -0.127. The van der Waals surface area contributed by atoms with Crippen molar-refractivity contribution >= 4 is 19.9 Å². The molecule has 1 aliphatic rings. The lowest BCUT2D eigenvalue weighted by Gasteiger charge is -2.36. The Morgan fingerprint density at radius 1 is 1.39 bits per heavy atom. The van der Waals surface area contributed by atoms with Gasteiger partial charge in [-0.15, -0.1) is 0 Å². The summed E-state index contributed by atoms with van der Waals surface area (Å²) in [6.45, 7) is 12.6. The Hall–Kier alpha value is -1.53. The molecule has 0 saturated carbocycles. The van der Waals surface area contributed by atoms with E-state index < -0.39 is 14.4 Å². The van der Waals surface area contributed by atoms with E-state index in [1.165, 1.54) is 0 Å². The van der Waals surface area contributed by atoms with Crippen molar-refractivity contribution in [3.05, 3.63) is 24.3 Å². The van der Waals surface area contributed by atoms with E-state index in [-0.39, 0.29) is 10.9 Å². The van der Waals surface area contributed by atoms with Crippen LogP contribution in [0.15, 0.2) is 24.3 Å². The molecule has 1 atom stereocenters. The summed E-state index contributed by atoms with van der Waals surface area (Å²) in [5, 5.41) is 6.30. The largest absolute Gasteiger partial charge is 0.477 e. The summed E-state index contributed by atoms with van der Waals surface area (Å²) >= 11 is 0. The van der Waals surface area contributed by atoms with Crippen molar-refractivity contribution < 1.29 is 14.0 Å². The van der Waals surface area contributed by atoms with Gasteiger partial charge >= 0.3 is 0 Å². The van der Waals surface area contributed by atoms with Gasteiger partial charge in [0, 0.05) is 6.54 Å². The Bertz CT molecular complexity index is 555. The van der Waals surface area contributed by atoms with E-state index in [2.05, 4.69) is 44.5 Å². The van der Waals surface area contributed by atoms with Crippen LogP contribution in [0.3, 0.4) is 0 Å². The number of carbonyl (C=O) groups excluding carboxylic acids is 1. The minimum absolute atomic E-state index is 0.106. The fraction of sp³-hybridized carbons (Fsp3) is 0.588. The highest BCUT2D eigenvalue weighted by Gasteiger charge is 2.37. The molecule has 6 heteroatoms. The molecule has 0 radical (unpaired) electrons. The molecular formula is C17H28N2O3Si. The van der Waals surface area contributed by atoms with Gasteiger partial charge in [-0.2, -0.15) is 0 Å². The fourth-order valence-electron chi connectivity index (χ4n) is 2.07. The third kappa shape index (κ3) is 4.48. The first-order valence-corrected chi connectivity index (χ1v) is 11.0. The van der Waals surface area contributed by atoms with Crippen molar-refractivity contribution in [3.8, 4) is 5.75 Å². The zero-order chi connectivity index (χ0) is 17.1. The van der Waals surface area contributed by atoms with E-state index in [4.69, 9.17) is 9.16 Å². The standard InChI is InChI=1S/C17H28N2O3Si/c1-17(2,3)23(4,5)21-11-10-18-16(20)15-12-19-13-8-6-7-9-14(13)22-15/h6-9,15,19H,10-12H2,1-5H3,(H,18,20). The third-order valence-electron chi connectivity index (χ3n) is 4.60. The third-order valence-corrected chi connectivity index (χ3v) is 9.14. The summed E-state index contributed by atoms with van der Waals surface area (Å²) in [5.74, 6) is 0.613. The molecule has 0 aliphatic carbocycles. The van der Waals surface area contributed by atoms with Crippen molar-refractivity contribution in [2.24, 2.45) is 0 Å². The Morgan fingerprint density at radius 3 is 2.78 bits per heavy atom. The minimum atomic E-state index is -1.76. The van der Waals surface area contributed by atoms with Crippen LogP contribution in [0.4, 0.5) is 5.69 Å². The first-order chi connectivity index (χ1) is 10.7. The monoisotopic (exact) mass is 336 g/mol. The second-order valence-corrected chi connectivity index (χ2v) is 12.2. The second-order valence-electron chi connectivity index (χ2n) is 7.38. The quantitative estimate of drug-likeness (QED) is 0.641. The van der Waals surface area contributed by atoms with Gasteiger partial charge in [0.15, 0.2) is 14.4 Å². The van der Waals surface area contributed by atoms with Crippen LogP contribution in [0.25, 0.3) is 0 Å². The molecule has 0 fully saturated rings. The summed E-state index contributed by atoms with van der Waals surface area (Å²) in [5.41, 5.74) is 0.929. The number of amides is 1. The molecular weight excluding hydrogens is 308 g/mol. The van der Waals surface area contributed by atoms with Gasteiger partial charge < -0.3 is 19.8 Å². The van der Waals surface area contributed by atoms with Crippen molar-refractivity contribution in [2.45, 2.75) is 45.0 Å². The van der Waals surface area contributed by atoms with Gasteiger partial charge in [0.1, 0.15) is 5.75 Å². The predicted molar refractivity (Wildman–Crippen MR) is 95.5 cm³/mol. The Labute approximate surface area is 139 Å². The lowest BCUT2D eigenvalue weighted by Crippen LogP contribution is -2.47. The molecule has 5 nitrogen and oxygen atoms in total. The number of ether oxygens (including phenoxy) is 1. The van der Waals surface area contributed by atoms with Gasteiger partial charge in [-0.1, -0.05) is 32.9 Å². The molecule has 128 valence electrons. The Morgan fingerprint density at radius 2 is 2.09 bits per heavy atom. The molecule has 0 spiro atoms. The highest BCUT2D eigenvalue weighted by Crippen LogP contribution is 2.36. The highest BCUT2D eigenvalue weighted by molar-refractivity contribution is 6.74. The number of hydrogen-bond acceptors (Lipinski definition) is 4. The van der Waals surface area contributed by atoms with Gasteiger partial charge in [-0.25, -0.2) is 0 Å². The van der Waals surface area contributed by atoms with E-state index in [1.807, 2.05) is 24.3 Å². The van der Waals surface area contributed by atoms with Crippen molar-refractivity contribution in [2.75, 3.05) is 25.0 Å². The number of fused-ring (bicyclic) bond motifs is 1. The van der Waals surface area contributed by atoms with Crippen LogP contribution in [-0.2, 0) is 9.22 Å². The molecule has 0 aromatic heterocycles. The molecule has 2 N–H and O–H groups in total. The predicted octanol–water partition coefficient (Wildman–Crippen LogP) is 3.00. The number of anilines is 1. The van der Waals surface area contributed by atoms with E-state index >= 15 is 0 Å². The molecule has 1 aromatic carbocycles. The normalized spacial score (nSPS) is 17.7. The molecule has 1 unspecified atom stereocenters. The maximum Gasteiger partial charge on any atom is 0.263 e. The number of hydrogen-bond donors (Lipinski definition) is 2. The zero-order valence-corrected chi connectivity index (χ0v) is 15.7. The number of carbonyl (C=O) groups is 1. The van der Waals surface area contributed by atoms with Gasteiger partial charge in [0.05, 0.1) is 18.8 Å². The molecule has 23 heavy (non-hydrogen) atoms. The van der Waals surface area contributed by atoms with Gasteiger partial charge in [0.25, 0.3) is 5.91 Å². The van der Waals surface area contributed by atoms with Crippen molar-refractivity contribution in [1.82, 2.24) is 5.32 Å². The van der Waals surface area contributed by atoms with Crippen LogP contribution in [-0.4, -0.2) is 40.0 Å². The lowest BCUT2D eigenvalue weighted by atomic mass is 10.2. The van der Waals surface area contributed by atoms with E-state index in [0.717, 1.165) is 11.4 Å². The van der Waals surface area contributed by atoms with Gasteiger partial charge in [-0.05, 0) is 30.3 Å². The smallest absolute Gasteiger partial charge is 0.263 e. The number of benzene rings is 1. The fourth-order valence-corrected chi connectivity index (χ4v) is 3.12. The van der Waals surface area contributed by atoms with Crippen LogP contribution in [0.5, 0.6) is 5.75 Å². The van der Waals surface area contributed by atoms with E-state index in [1.54, 1.807) is 0 Å². The summed E-state index contributed by atoms with van der Waals surface area (Å²) in [7, 11) is -1.76. The van der Waals surface area contributed by atoms with E-state index in [9.17, 15) is 4.79 Å². The average molecular weight is 337 g/mol. The molecule has 0 bridgehead atoms. The molecule has 1 aromatic rings. The van der Waals surface area contributed by atoms with Gasteiger partial charge in [0.2, 0.25) is 0 Å². The van der Waals surface area contributed by atoms with Crippen LogP contribution < -0.4 is 15.4 Å². The molecule has 2 rings (SSSR count). The average Bonchev–Trinajstić information content (AvgIpc) is 2.49. The maximum absolute atomic E-state index is 12.2. The van der Waals surface area contributed by atoms with Crippen molar-refractivity contribution in [3.63, 3.8) is 0 Å². The summed E-state index contributed by atoms with van der Waals surface area (Å²) in [6, 6.07) is 7.64. The summed E-state index contributed by atoms with van der Waals surface area (Å²) in [4.78, 5) is 12.2. The first-order valence-electron chi connectivity index (χ1n) is 8.12. The first kappa shape index (κ1) is 17.8. The zero-order valence-electron chi connectivity index (χ0n) is 14.7.